The molecule has 1 aliphatic rings. The number of rotatable bonds is 5. The van der Waals surface area contributed by atoms with Gasteiger partial charge in [0.1, 0.15) is 6.23 Å². The Morgan fingerprint density at radius 1 is 1.54 bits per heavy atom. The Kier molecular flexibility index (Phi) is 5.26. The lowest BCUT2D eigenvalue weighted by Gasteiger charge is -2.26. The van der Waals surface area contributed by atoms with Crippen molar-refractivity contribution in [1.82, 2.24) is 10.4 Å². The third-order valence-corrected chi connectivity index (χ3v) is 1.87. The zero-order chi connectivity index (χ0) is 9.52. The van der Waals surface area contributed by atoms with Crippen molar-refractivity contribution in [3.8, 4) is 0 Å². The molecule has 0 saturated carbocycles. The van der Waals surface area contributed by atoms with Gasteiger partial charge in [0.2, 0.25) is 0 Å². The molecule has 1 aliphatic heterocycles. The first kappa shape index (κ1) is 10.9. The van der Waals surface area contributed by atoms with Gasteiger partial charge in [0, 0.05) is 19.6 Å². The van der Waals surface area contributed by atoms with Crippen LogP contribution in [0.2, 0.25) is 0 Å². The molecule has 5 nitrogen and oxygen atoms in total. The van der Waals surface area contributed by atoms with Gasteiger partial charge in [-0.1, -0.05) is 0 Å². The Morgan fingerprint density at radius 3 is 2.85 bits per heavy atom. The Hall–Kier alpha value is -0.200. The molecule has 5 heteroatoms. The van der Waals surface area contributed by atoms with Crippen molar-refractivity contribution in [3.05, 3.63) is 0 Å². The predicted octanol–water partition coefficient (Wildman–Crippen LogP) is -0.822. The van der Waals surface area contributed by atoms with E-state index < -0.39 is 6.23 Å². The first-order valence-electron chi connectivity index (χ1n) is 4.64. The molecule has 1 fully saturated rings. The lowest BCUT2D eigenvalue weighted by atomic mass is 10.4. The molecule has 0 aromatic rings. The summed E-state index contributed by atoms with van der Waals surface area (Å²) < 4.78 is 5.21. The first-order valence-corrected chi connectivity index (χ1v) is 4.64. The third-order valence-electron chi connectivity index (χ3n) is 1.87. The maximum Gasteiger partial charge on any atom is 0.124 e. The van der Waals surface area contributed by atoms with Crippen LogP contribution in [0.15, 0.2) is 0 Å². The molecule has 1 atom stereocenters. The van der Waals surface area contributed by atoms with Gasteiger partial charge in [0.05, 0.1) is 19.8 Å². The summed E-state index contributed by atoms with van der Waals surface area (Å²) in [5, 5.41) is 8.82. The summed E-state index contributed by atoms with van der Waals surface area (Å²) >= 11 is 0. The first-order chi connectivity index (χ1) is 6.29. The van der Waals surface area contributed by atoms with Gasteiger partial charge < -0.3 is 9.84 Å². The van der Waals surface area contributed by atoms with Crippen LogP contribution in [0.3, 0.4) is 0 Å². The molecular formula is C8H18N2O3. The van der Waals surface area contributed by atoms with Gasteiger partial charge in [-0.05, 0) is 6.92 Å². The topological polar surface area (TPSA) is 54.0 Å². The van der Waals surface area contributed by atoms with Crippen molar-refractivity contribution < 1.29 is 14.7 Å². The Balaban J connectivity index is 1.92. The van der Waals surface area contributed by atoms with Gasteiger partial charge >= 0.3 is 0 Å². The fourth-order valence-electron chi connectivity index (χ4n) is 1.18. The zero-order valence-corrected chi connectivity index (χ0v) is 8.03. The van der Waals surface area contributed by atoms with Crippen LogP contribution in [0.1, 0.15) is 6.92 Å². The molecule has 1 saturated heterocycles. The summed E-state index contributed by atoms with van der Waals surface area (Å²) in [6.45, 7) is 6.65. The van der Waals surface area contributed by atoms with Crippen LogP contribution in [0.25, 0.3) is 0 Å². The molecule has 0 aliphatic carbocycles. The van der Waals surface area contributed by atoms with Crippen LogP contribution < -0.4 is 5.48 Å². The largest absolute Gasteiger partial charge is 0.379 e. The molecular weight excluding hydrogens is 172 g/mol. The fourth-order valence-corrected chi connectivity index (χ4v) is 1.18. The average molecular weight is 190 g/mol. The predicted molar refractivity (Wildman–Crippen MR) is 48.0 cm³/mol. The normalized spacial score (nSPS) is 21.7. The SMILES string of the molecule is CC(O)NOCCN1CCOCC1. The van der Waals surface area contributed by atoms with E-state index in [1.165, 1.54) is 0 Å². The minimum atomic E-state index is -0.607. The van der Waals surface area contributed by atoms with Crippen LogP contribution in [0.5, 0.6) is 0 Å². The van der Waals surface area contributed by atoms with Crippen LogP contribution >= 0.6 is 0 Å². The highest BCUT2D eigenvalue weighted by Gasteiger charge is 2.09. The smallest absolute Gasteiger partial charge is 0.124 e. The molecule has 0 bridgehead atoms. The van der Waals surface area contributed by atoms with Crippen molar-refractivity contribution in [2.75, 3.05) is 39.5 Å². The summed E-state index contributed by atoms with van der Waals surface area (Å²) in [6, 6.07) is 0. The average Bonchev–Trinajstić information content (AvgIpc) is 2.14. The van der Waals surface area contributed by atoms with E-state index in [9.17, 15) is 0 Å². The zero-order valence-electron chi connectivity index (χ0n) is 8.03. The number of nitrogens with one attached hydrogen (secondary N) is 1. The van der Waals surface area contributed by atoms with Crippen LogP contribution in [0, 0.1) is 0 Å². The molecule has 13 heavy (non-hydrogen) atoms. The summed E-state index contributed by atoms with van der Waals surface area (Å²) in [4.78, 5) is 7.29. The highest BCUT2D eigenvalue weighted by Crippen LogP contribution is 1.95. The van der Waals surface area contributed by atoms with E-state index in [-0.39, 0.29) is 0 Å². The van der Waals surface area contributed by atoms with Gasteiger partial charge in [-0.25, -0.2) is 0 Å². The van der Waals surface area contributed by atoms with Crippen LogP contribution in [-0.4, -0.2) is 55.7 Å². The highest BCUT2D eigenvalue weighted by molar-refractivity contribution is 4.60. The van der Waals surface area contributed by atoms with Crippen LogP contribution in [0.4, 0.5) is 0 Å². The number of aliphatic hydroxyl groups is 1. The molecule has 1 unspecified atom stereocenters. The van der Waals surface area contributed by atoms with E-state index in [0.717, 1.165) is 32.8 Å². The summed E-state index contributed by atoms with van der Waals surface area (Å²) in [7, 11) is 0. The second-order valence-corrected chi connectivity index (χ2v) is 3.10. The maximum absolute atomic E-state index is 8.82. The fraction of sp³-hybridized carbons (Fsp3) is 1.00. The lowest BCUT2D eigenvalue weighted by Crippen LogP contribution is -2.39. The van der Waals surface area contributed by atoms with Crippen molar-refractivity contribution in [2.24, 2.45) is 0 Å². The second-order valence-electron chi connectivity index (χ2n) is 3.10. The number of hydrogen-bond donors (Lipinski definition) is 2. The number of hydrogen-bond acceptors (Lipinski definition) is 5. The van der Waals surface area contributed by atoms with Gasteiger partial charge in [-0.15, -0.1) is 0 Å². The summed E-state index contributed by atoms with van der Waals surface area (Å²) in [6.07, 6.45) is -0.607. The number of ether oxygens (including phenoxy) is 1. The molecule has 1 heterocycles. The van der Waals surface area contributed by atoms with E-state index in [1.54, 1.807) is 6.92 Å². The second kappa shape index (κ2) is 6.28. The maximum atomic E-state index is 8.82. The number of morpholine rings is 1. The van der Waals surface area contributed by atoms with Gasteiger partial charge in [0.25, 0.3) is 0 Å². The highest BCUT2D eigenvalue weighted by atomic mass is 16.7. The minimum Gasteiger partial charge on any atom is -0.379 e. The molecule has 1 rings (SSSR count). The summed E-state index contributed by atoms with van der Waals surface area (Å²) in [5.74, 6) is 0. The van der Waals surface area contributed by atoms with Crippen LogP contribution in [-0.2, 0) is 9.57 Å². The molecule has 0 spiro atoms. The van der Waals surface area contributed by atoms with E-state index in [1.807, 2.05) is 0 Å². The number of hydroxylamine groups is 1. The number of aliphatic hydroxyl groups excluding tert-OH is 1. The van der Waals surface area contributed by atoms with Crippen molar-refractivity contribution in [1.29, 1.82) is 0 Å². The van der Waals surface area contributed by atoms with Gasteiger partial charge in [-0.3, -0.25) is 9.74 Å². The Bertz CT molecular complexity index is 127. The van der Waals surface area contributed by atoms with Gasteiger partial charge in [0.15, 0.2) is 0 Å². The Labute approximate surface area is 78.6 Å². The number of nitrogens with zero attached hydrogens (tertiary/aromatic N) is 1. The van der Waals surface area contributed by atoms with Crippen molar-refractivity contribution >= 4 is 0 Å². The third kappa shape index (κ3) is 5.17. The monoisotopic (exact) mass is 190 g/mol. The molecule has 2 N–H and O–H groups in total. The van der Waals surface area contributed by atoms with E-state index in [4.69, 9.17) is 14.7 Å². The quantitative estimate of drug-likeness (QED) is 0.337. The van der Waals surface area contributed by atoms with E-state index >= 15 is 0 Å². The standard InChI is InChI=1S/C8H18N2O3/c1-8(11)9-13-7-4-10-2-5-12-6-3-10/h8-9,11H,2-7H2,1H3. The molecule has 0 amide bonds. The van der Waals surface area contributed by atoms with Gasteiger partial charge in [-0.2, -0.15) is 5.48 Å². The van der Waals surface area contributed by atoms with E-state index in [2.05, 4.69) is 10.4 Å². The minimum absolute atomic E-state index is 0.588. The Morgan fingerprint density at radius 2 is 2.23 bits per heavy atom. The molecule has 0 aromatic carbocycles. The van der Waals surface area contributed by atoms with Crippen molar-refractivity contribution in [3.63, 3.8) is 0 Å². The van der Waals surface area contributed by atoms with Crippen molar-refractivity contribution in [2.45, 2.75) is 13.2 Å². The summed E-state index contributed by atoms with van der Waals surface area (Å²) in [5.41, 5.74) is 2.48. The molecule has 78 valence electrons. The molecule has 0 aromatic heterocycles. The lowest BCUT2D eigenvalue weighted by molar-refractivity contribution is -0.0603. The van der Waals surface area contributed by atoms with E-state index in [0.29, 0.717) is 6.61 Å². The molecule has 0 radical (unpaired) electrons.